The zero-order valence-corrected chi connectivity index (χ0v) is 10.0. The molecule has 80 valence electrons. The van der Waals surface area contributed by atoms with Crippen molar-refractivity contribution in [2.75, 3.05) is 6.61 Å². The number of rotatable bonds is 4. The van der Waals surface area contributed by atoms with Gasteiger partial charge in [-0.05, 0) is 31.6 Å². The third-order valence-corrected chi connectivity index (χ3v) is 2.85. The summed E-state index contributed by atoms with van der Waals surface area (Å²) in [4.78, 5) is 0. The lowest BCUT2D eigenvalue weighted by Gasteiger charge is -2.38. The minimum Gasteiger partial charge on any atom is -0.378 e. The molecule has 0 bridgehead atoms. The van der Waals surface area contributed by atoms with Crippen LogP contribution >= 0.6 is 0 Å². The summed E-state index contributed by atoms with van der Waals surface area (Å²) in [5.74, 6) is 0. The first kappa shape index (κ1) is 13.0. The molecule has 0 aromatic carbocycles. The van der Waals surface area contributed by atoms with Gasteiger partial charge in [-0.3, -0.25) is 0 Å². The molecule has 0 radical (unpaired) electrons. The number of hydrogen-bond acceptors (Lipinski definition) is 1. The molecule has 0 heterocycles. The average molecular weight is 186 g/mol. The van der Waals surface area contributed by atoms with Gasteiger partial charge >= 0.3 is 0 Å². The van der Waals surface area contributed by atoms with Crippen molar-refractivity contribution >= 4 is 0 Å². The largest absolute Gasteiger partial charge is 0.378 e. The van der Waals surface area contributed by atoms with Crippen LogP contribution in [0.2, 0.25) is 0 Å². The zero-order chi connectivity index (χ0) is 10.3. The minimum atomic E-state index is 0.451. The molecule has 1 unspecified atom stereocenters. The van der Waals surface area contributed by atoms with Gasteiger partial charge in [0, 0.05) is 0 Å². The van der Waals surface area contributed by atoms with Gasteiger partial charge in [0.2, 0.25) is 0 Å². The summed E-state index contributed by atoms with van der Waals surface area (Å²) in [6.07, 6.45) is 5.72. The third-order valence-electron chi connectivity index (χ3n) is 2.85. The van der Waals surface area contributed by atoms with Crippen molar-refractivity contribution in [3.63, 3.8) is 0 Å². The highest BCUT2D eigenvalue weighted by Gasteiger charge is 2.32. The molecular weight excluding hydrogens is 160 g/mol. The fourth-order valence-electron chi connectivity index (χ4n) is 1.39. The molecule has 1 saturated carbocycles. The maximum Gasteiger partial charge on any atom is 0.0544 e. The first-order chi connectivity index (χ1) is 6.16. The zero-order valence-electron chi connectivity index (χ0n) is 10.0. The van der Waals surface area contributed by atoms with Gasteiger partial charge < -0.3 is 4.74 Å². The van der Waals surface area contributed by atoms with Gasteiger partial charge in [-0.1, -0.05) is 34.1 Å². The van der Waals surface area contributed by atoms with E-state index < -0.39 is 0 Å². The molecule has 1 aliphatic carbocycles. The molecule has 0 aromatic rings. The Hall–Kier alpha value is -0.0400. The van der Waals surface area contributed by atoms with Gasteiger partial charge in [0.15, 0.2) is 0 Å². The first-order valence-corrected chi connectivity index (χ1v) is 5.78. The van der Waals surface area contributed by atoms with Gasteiger partial charge in [0.05, 0.1) is 12.7 Å². The lowest BCUT2D eigenvalue weighted by Crippen LogP contribution is -2.32. The van der Waals surface area contributed by atoms with Crippen molar-refractivity contribution in [1.82, 2.24) is 0 Å². The van der Waals surface area contributed by atoms with Crippen LogP contribution in [0.1, 0.15) is 60.3 Å². The van der Waals surface area contributed by atoms with Crippen LogP contribution in [-0.2, 0) is 4.74 Å². The van der Waals surface area contributed by atoms with E-state index in [0.717, 1.165) is 13.0 Å². The molecule has 1 aliphatic rings. The monoisotopic (exact) mass is 186 g/mol. The molecular formula is C12H26O. The minimum absolute atomic E-state index is 0.451. The standard InChI is InChI=1S/C10H20O.C2H6/c1-4-9(2)11-8-10(3)6-5-7-10;1-2/h9H,4-8H2,1-3H3;1-2H3. The number of ether oxygens (including phenoxy) is 1. The molecule has 0 aliphatic heterocycles. The molecule has 0 amide bonds. The topological polar surface area (TPSA) is 9.23 Å². The lowest BCUT2D eigenvalue weighted by atomic mass is 9.71. The Morgan fingerprint density at radius 3 is 2.15 bits per heavy atom. The van der Waals surface area contributed by atoms with E-state index in [2.05, 4.69) is 20.8 Å². The highest BCUT2D eigenvalue weighted by Crippen LogP contribution is 2.40. The van der Waals surface area contributed by atoms with Gasteiger partial charge in [-0.2, -0.15) is 0 Å². The Morgan fingerprint density at radius 2 is 1.85 bits per heavy atom. The Kier molecular flexibility index (Phi) is 6.40. The predicted molar refractivity (Wildman–Crippen MR) is 59.0 cm³/mol. The van der Waals surface area contributed by atoms with Gasteiger partial charge in [0.1, 0.15) is 0 Å². The van der Waals surface area contributed by atoms with Crippen molar-refractivity contribution in [2.24, 2.45) is 5.41 Å². The van der Waals surface area contributed by atoms with Crippen molar-refractivity contribution in [3.05, 3.63) is 0 Å². The summed E-state index contributed by atoms with van der Waals surface area (Å²) in [6.45, 7) is 11.6. The molecule has 1 nitrogen and oxygen atoms in total. The Labute approximate surface area is 83.9 Å². The maximum atomic E-state index is 5.70. The quantitative estimate of drug-likeness (QED) is 0.644. The summed E-state index contributed by atoms with van der Waals surface area (Å²) in [6, 6.07) is 0. The van der Waals surface area contributed by atoms with E-state index in [9.17, 15) is 0 Å². The maximum absolute atomic E-state index is 5.70. The fourth-order valence-corrected chi connectivity index (χ4v) is 1.39. The van der Waals surface area contributed by atoms with Crippen molar-refractivity contribution < 1.29 is 4.74 Å². The second kappa shape index (κ2) is 6.42. The highest BCUT2D eigenvalue weighted by molar-refractivity contribution is 4.82. The predicted octanol–water partition coefficient (Wildman–Crippen LogP) is 4.02. The molecule has 0 saturated heterocycles. The van der Waals surface area contributed by atoms with Crippen molar-refractivity contribution in [1.29, 1.82) is 0 Å². The molecule has 1 fully saturated rings. The smallest absolute Gasteiger partial charge is 0.0544 e. The summed E-state index contributed by atoms with van der Waals surface area (Å²) >= 11 is 0. The van der Waals surface area contributed by atoms with Crippen LogP contribution in [0, 0.1) is 5.41 Å². The Bertz CT molecular complexity index is 116. The van der Waals surface area contributed by atoms with E-state index >= 15 is 0 Å². The van der Waals surface area contributed by atoms with E-state index in [-0.39, 0.29) is 0 Å². The third kappa shape index (κ3) is 4.66. The van der Waals surface area contributed by atoms with Crippen LogP contribution in [0.3, 0.4) is 0 Å². The molecule has 1 heteroatoms. The van der Waals surface area contributed by atoms with Crippen LogP contribution in [0.15, 0.2) is 0 Å². The van der Waals surface area contributed by atoms with E-state index in [1.165, 1.54) is 19.3 Å². The first-order valence-electron chi connectivity index (χ1n) is 5.78. The molecule has 1 rings (SSSR count). The fraction of sp³-hybridized carbons (Fsp3) is 1.00. The molecule has 13 heavy (non-hydrogen) atoms. The summed E-state index contributed by atoms with van der Waals surface area (Å²) in [7, 11) is 0. The highest BCUT2D eigenvalue weighted by atomic mass is 16.5. The Morgan fingerprint density at radius 1 is 1.31 bits per heavy atom. The lowest BCUT2D eigenvalue weighted by molar-refractivity contribution is -0.0293. The molecule has 0 aromatic heterocycles. The van der Waals surface area contributed by atoms with E-state index in [0.29, 0.717) is 11.5 Å². The Balaban J connectivity index is 0.000000671. The second-order valence-corrected chi connectivity index (χ2v) is 4.19. The SMILES string of the molecule is CC.CCC(C)OCC1(C)CCC1. The van der Waals surface area contributed by atoms with E-state index in [1.54, 1.807) is 0 Å². The van der Waals surface area contributed by atoms with Crippen molar-refractivity contribution in [3.8, 4) is 0 Å². The molecule has 1 atom stereocenters. The van der Waals surface area contributed by atoms with Gasteiger partial charge in [-0.25, -0.2) is 0 Å². The summed E-state index contributed by atoms with van der Waals surface area (Å²) < 4.78 is 5.70. The van der Waals surface area contributed by atoms with Crippen LogP contribution in [0.4, 0.5) is 0 Å². The second-order valence-electron chi connectivity index (χ2n) is 4.19. The van der Waals surface area contributed by atoms with Crippen LogP contribution < -0.4 is 0 Å². The van der Waals surface area contributed by atoms with Gasteiger partial charge in [0.25, 0.3) is 0 Å². The van der Waals surface area contributed by atoms with Crippen LogP contribution in [-0.4, -0.2) is 12.7 Å². The van der Waals surface area contributed by atoms with Crippen LogP contribution in [0.5, 0.6) is 0 Å². The van der Waals surface area contributed by atoms with E-state index in [1.807, 2.05) is 13.8 Å². The average Bonchev–Trinajstić information content (AvgIpc) is 2.14. The van der Waals surface area contributed by atoms with Crippen LogP contribution in [0.25, 0.3) is 0 Å². The summed E-state index contributed by atoms with van der Waals surface area (Å²) in [5.41, 5.74) is 0.531. The van der Waals surface area contributed by atoms with E-state index in [4.69, 9.17) is 4.74 Å². The normalized spacial score (nSPS) is 21.0. The molecule has 0 spiro atoms. The van der Waals surface area contributed by atoms with Crippen molar-refractivity contribution in [2.45, 2.75) is 66.4 Å². The number of hydrogen-bond donors (Lipinski definition) is 0. The summed E-state index contributed by atoms with van der Waals surface area (Å²) in [5, 5.41) is 0. The van der Waals surface area contributed by atoms with Gasteiger partial charge in [-0.15, -0.1) is 0 Å². The molecule has 0 N–H and O–H groups in total.